The average molecular weight is 461 g/mol. The SMILES string of the molecule is CC1CCCCN1c1cc(N2CCOCC2)nc(NC(=S)NCc2ccccc2Cl)n1. The number of ether oxygens (including phenoxy) is 1. The van der Waals surface area contributed by atoms with E-state index in [0.717, 1.165) is 36.8 Å². The zero-order valence-electron chi connectivity index (χ0n) is 17.8. The number of hydrogen-bond acceptors (Lipinski definition) is 6. The van der Waals surface area contributed by atoms with Crippen molar-refractivity contribution in [3.63, 3.8) is 0 Å². The number of anilines is 3. The van der Waals surface area contributed by atoms with Gasteiger partial charge in [0.2, 0.25) is 5.95 Å². The Labute approximate surface area is 194 Å². The maximum absolute atomic E-state index is 6.25. The fourth-order valence-corrected chi connectivity index (χ4v) is 4.35. The minimum Gasteiger partial charge on any atom is -0.378 e. The van der Waals surface area contributed by atoms with Crippen molar-refractivity contribution in [3.8, 4) is 0 Å². The van der Waals surface area contributed by atoms with Crippen LogP contribution in [0.1, 0.15) is 31.7 Å². The summed E-state index contributed by atoms with van der Waals surface area (Å²) in [6, 6.07) is 10.3. The highest BCUT2D eigenvalue weighted by Crippen LogP contribution is 2.27. The summed E-state index contributed by atoms with van der Waals surface area (Å²) >= 11 is 11.8. The van der Waals surface area contributed by atoms with Crippen molar-refractivity contribution in [2.45, 2.75) is 38.8 Å². The number of morpholine rings is 1. The van der Waals surface area contributed by atoms with Gasteiger partial charge in [-0.3, -0.25) is 0 Å². The van der Waals surface area contributed by atoms with Crippen LogP contribution in [0.4, 0.5) is 17.6 Å². The largest absolute Gasteiger partial charge is 0.378 e. The second-order valence-electron chi connectivity index (χ2n) is 7.94. The van der Waals surface area contributed by atoms with E-state index in [-0.39, 0.29) is 0 Å². The Morgan fingerprint density at radius 1 is 1.16 bits per heavy atom. The molecule has 0 aliphatic carbocycles. The maximum Gasteiger partial charge on any atom is 0.232 e. The van der Waals surface area contributed by atoms with Crippen molar-refractivity contribution in [2.75, 3.05) is 48.0 Å². The van der Waals surface area contributed by atoms with Gasteiger partial charge in [0.25, 0.3) is 0 Å². The molecule has 2 aliphatic rings. The fraction of sp³-hybridized carbons (Fsp3) is 0.500. The number of nitrogens with one attached hydrogen (secondary N) is 2. The number of hydrogen-bond donors (Lipinski definition) is 2. The summed E-state index contributed by atoms with van der Waals surface area (Å²) in [7, 11) is 0. The van der Waals surface area contributed by atoms with Gasteiger partial charge in [0.05, 0.1) is 13.2 Å². The van der Waals surface area contributed by atoms with Crippen LogP contribution in [0, 0.1) is 0 Å². The smallest absolute Gasteiger partial charge is 0.232 e. The van der Waals surface area contributed by atoms with E-state index in [4.69, 9.17) is 38.5 Å². The first-order chi connectivity index (χ1) is 15.1. The lowest BCUT2D eigenvalue weighted by Crippen LogP contribution is -2.40. The maximum atomic E-state index is 6.25. The zero-order valence-corrected chi connectivity index (χ0v) is 19.4. The summed E-state index contributed by atoms with van der Waals surface area (Å²) in [6.07, 6.45) is 3.62. The number of halogens is 1. The molecule has 2 fully saturated rings. The third-order valence-electron chi connectivity index (χ3n) is 5.75. The predicted octanol–water partition coefficient (Wildman–Crippen LogP) is 3.83. The van der Waals surface area contributed by atoms with Crippen molar-refractivity contribution in [1.29, 1.82) is 0 Å². The second-order valence-corrected chi connectivity index (χ2v) is 8.76. The van der Waals surface area contributed by atoms with Crippen molar-refractivity contribution in [1.82, 2.24) is 15.3 Å². The number of thiocarbonyl (C=S) groups is 1. The van der Waals surface area contributed by atoms with Crippen molar-refractivity contribution >= 4 is 46.5 Å². The molecule has 1 aromatic heterocycles. The first kappa shape index (κ1) is 22.0. The Morgan fingerprint density at radius 2 is 1.94 bits per heavy atom. The molecule has 2 aliphatic heterocycles. The Hall–Kier alpha value is -2.16. The van der Waals surface area contributed by atoms with E-state index < -0.39 is 0 Å². The number of nitrogens with zero attached hydrogens (tertiary/aromatic N) is 4. The van der Waals surface area contributed by atoms with E-state index in [1.807, 2.05) is 24.3 Å². The quantitative estimate of drug-likeness (QED) is 0.652. The number of rotatable bonds is 5. The molecule has 0 spiro atoms. The van der Waals surface area contributed by atoms with E-state index in [0.29, 0.717) is 41.9 Å². The van der Waals surface area contributed by atoms with Gasteiger partial charge in [-0.05, 0) is 50.0 Å². The van der Waals surface area contributed by atoms with Gasteiger partial charge in [0.15, 0.2) is 5.11 Å². The van der Waals surface area contributed by atoms with Crippen LogP contribution in [0.15, 0.2) is 30.3 Å². The van der Waals surface area contributed by atoms with Crippen LogP contribution >= 0.6 is 23.8 Å². The van der Waals surface area contributed by atoms with Crippen molar-refractivity contribution < 1.29 is 4.74 Å². The first-order valence-electron chi connectivity index (χ1n) is 10.9. The summed E-state index contributed by atoms with van der Waals surface area (Å²) in [5.74, 6) is 2.36. The molecule has 0 bridgehead atoms. The third-order valence-corrected chi connectivity index (χ3v) is 6.37. The minimum absolute atomic E-state index is 0.458. The van der Waals surface area contributed by atoms with Gasteiger partial charge >= 0.3 is 0 Å². The Kier molecular flexibility index (Phi) is 7.42. The molecule has 7 nitrogen and oxygen atoms in total. The second kappa shape index (κ2) is 10.4. The molecule has 0 amide bonds. The molecular formula is C22H29ClN6OS. The number of piperidine rings is 1. The molecule has 1 atom stereocenters. The highest BCUT2D eigenvalue weighted by Gasteiger charge is 2.23. The molecule has 166 valence electrons. The van der Waals surface area contributed by atoms with Crippen LogP contribution in [0.25, 0.3) is 0 Å². The number of aromatic nitrogens is 2. The lowest BCUT2D eigenvalue weighted by atomic mass is 10.0. The molecule has 4 rings (SSSR count). The Morgan fingerprint density at radius 3 is 2.71 bits per heavy atom. The van der Waals surface area contributed by atoms with Gasteiger partial charge in [0, 0.05) is 43.3 Å². The van der Waals surface area contributed by atoms with Gasteiger partial charge < -0.3 is 25.2 Å². The summed E-state index contributed by atoms with van der Waals surface area (Å²) in [5.41, 5.74) is 0.985. The molecule has 1 unspecified atom stereocenters. The molecule has 9 heteroatoms. The minimum atomic E-state index is 0.458. The molecule has 2 saturated heterocycles. The summed E-state index contributed by atoms with van der Waals surface area (Å²) < 4.78 is 5.51. The van der Waals surface area contributed by atoms with Gasteiger partial charge in [-0.1, -0.05) is 29.8 Å². The van der Waals surface area contributed by atoms with E-state index in [9.17, 15) is 0 Å². The molecule has 0 saturated carbocycles. The van der Waals surface area contributed by atoms with Gasteiger partial charge in [-0.25, -0.2) is 0 Å². The van der Waals surface area contributed by atoms with Crippen LogP contribution in [-0.2, 0) is 11.3 Å². The highest BCUT2D eigenvalue weighted by atomic mass is 35.5. The predicted molar refractivity (Wildman–Crippen MR) is 130 cm³/mol. The van der Waals surface area contributed by atoms with Crippen LogP contribution in [0.5, 0.6) is 0 Å². The normalized spacial score (nSPS) is 19.2. The van der Waals surface area contributed by atoms with Crippen LogP contribution < -0.4 is 20.4 Å². The monoisotopic (exact) mass is 460 g/mol. The Bertz CT molecular complexity index is 907. The summed E-state index contributed by atoms with van der Waals surface area (Å²) in [4.78, 5) is 14.2. The standard InChI is InChI=1S/C22H29ClN6OS/c1-16-6-4-5-9-29(16)20-14-19(28-10-12-30-13-11-28)25-21(26-20)27-22(31)24-15-17-7-2-3-8-18(17)23/h2-3,7-8,14,16H,4-6,9-13,15H2,1H3,(H2,24,25,26,27,31). The molecule has 2 aromatic rings. The number of benzene rings is 1. The van der Waals surface area contributed by atoms with E-state index in [1.54, 1.807) is 0 Å². The van der Waals surface area contributed by atoms with E-state index >= 15 is 0 Å². The van der Waals surface area contributed by atoms with Crippen LogP contribution in [-0.4, -0.2) is 54.0 Å². The molecule has 31 heavy (non-hydrogen) atoms. The fourth-order valence-electron chi connectivity index (χ4n) is 3.98. The summed E-state index contributed by atoms with van der Waals surface area (Å²) in [6.45, 7) is 6.86. The van der Waals surface area contributed by atoms with Crippen molar-refractivity contribution in [3.05, 3.63) is 40.9 Å². The average Bonchev–Trinajstić information content (AvgIpc) is 2.79. The van der Waals surface area contributed by atoms with Gasteiger partial charge in [-0.15, -0.1) is 0 Å². The van der Waals surface area contributed by atoms with Gasteiger partial charge in [0.1, 0.15) is 11.6 Å². The third kappa shape index (κ3) is 5.75. The first-order valence-corrected chi connectivity index (χ1v) is 11.7. The lowest BCUT2D eigenvalue weighted by Gasteiger charge is -2.35. The van der Waals surface area contributed by atoms with Crippen LogP contribution in [0.2, 0.25) is 5.02 Å². The zero-order chi connectivity index (χ0) is 21.6. The molecule has 0 radical (unpaired) electrons. The molecule has 3 heterocycles. The Balaban J connectivity index is 1.51. The van der Waals surface area contributed by atoms with E-state index in [2.05, 4.69) is 33.4 Å². The van der Waals surface area contributed by atoms with Crippen LogP contribution in [0.3, 0.4) is 0 Å². The molecule has 1 aromatic carbocycles. The van der Waals surface area contributed by atoms with Crippen molar-refractivity contribution in [2.24, 2.45) is 0 Å². The highest BCUT2D eigenvalue weighted by molar-refractivity contribution is 7.80. The van der Waals surface area contributed by atoms with E-state index in [1.165, 1.54) is 19.3 Å². The molecular weight excluding hydrogens is 432 g/mol. The molecule has 2 N–H and O–H groups in total. The topological polar surface area (TPSA) is 65.6 Å². The lowest BCUT2D eigenvalue weighted by molar-refractivity contribution is 0.122. The van der Waals surface area contributed by atoms with Gasteiger partial charge in [-0.2, -0.15) is 9.97 Å². The summed E-state index contributed by atoms with van der Waals surface area (Å²) in [5, 5.41) is 7.56.